The quantitative estimate of drug-likeness (QED) is 0.135. The maximum atomic E-state index is 2.43. The first kappa shape index (κ1) is 40.1. The van der Waals surface area contributed by atoms with Gasteiger partial charge in [-0.2, -0.15) is 0 Å². The van der Waals surface area contributed by atoms with Crippen LogP contribution in [0.25, 0.3) is 49.8 Å². The molecule has 0 N–H and O–H groups in total. The van der Waals surface area contributed by atoms with Gasteiger partial charge in [0, 0.05) is 56.0 Å². The SMILES string of the molecule is C/C=C\C=C(/C)n1c2ccccc2c2cc(-c3cc(N(c4ccccc4)c4ccccc4)cc(N(c4ccccc4)c4ccc5c(c4)C(C)(C)c4ccccc4-5)c3)ccc21.CC. The number of anilines is 6. The molecule has 3 nitrogen and oxygen atoms in total. The summed E-state index contributed by atoms with van der Waals surface area (Å²) in [5, 5.41) is 2.47. The van der Waals surface area contributed by atoms with E-state index in [2.05, 4.69) is 254 Å². The molecule has 0 aliphatic heterocycles. The van der Waals surface area contributed by atoms with Crippen LogP contribution in [0.15, 0.2) is 212 Å². The summed E-state index contributed by atoms with van der Waals surface area (Å²) in [6.07, 6.45) is 6.38. The van der Waals surface area contributed by atoms with Crippen LogP contribution in [-0.2, 0) is 5.41 Å². The minimum Gasteiger partial charge on any atom is -0.313 e. The highest BCUT2D eigenvalue weighted by Crippen LogP contribution is 2.51. The van der Waals surface area contributed by atoms with Gasteiger partial charge in [-0.1, -0.05) is 149 Å². The third kappa shape index (κ3) is 7.10. The fourth-order valence-corrected chi connectivity index (χ4v) is 9.32. The first-order valence-corrected chi connectivity index (χ1v) is 21.9. The minimum absolute atomic E-state index is 0.135. The molecule has 304 valence electrons. The van der Waals surface area contributed by atoms with Gasteiger partial charge in [0.05, 0.1) is 11.0 Å². The first-order chi connectivity index (χ1) is 30.4. The maximum absolute atomic E-state index is 2.43. The van der Waals surface area contributed by atoms with Crippen molar-refractivity contribution in [1.29, 1.82) is 0 Å². The van der Waals surface area contributed by atoms with Gasteiger partial charge < -0.3 is 14.4 Å². The predicted octanol–water partition coefficient (Wildman–Crippen LogP) is 17.2. The van der Waals surface area contributed by atoms with Crippen LogP contribution in [0.2, 0.25) is 0 Å². The Bertz CT molecular complexity index is 3040. The van der Waals surface area contributed by atoms with E-state index < -0.39 is 0 Å². The molecular weight excluding hydrogens is 751 g/mol. The Morgan fingerprint density at radius 3 is 1.61 bits per heavy atom. The zero-order chi connectivity index (χ0) is 42.8. The molecule has 9 aromatic rings. The number of aromatic nitrogens is 1. The van der Waals surface area contributed by atoms with E-state index in [-0.39, 0.29) is 5.41 Å². The molecule has 8 aromatic carbocycles. The number of para-hydroxylation sites is 4. The molecule has 1 aromatic heterocycles. The number of hydrogen-bond donors (Lipinski definition) is 0. The fourth-order valence-electron chi connectivity index (χ4n) is 9.32. The minimum atomic E-state index is -0.135. The van der Waals surface area contributed by atoms with E-state index >= 15 is 0 Å². The van der Waals surface area contributed by atoms with Crippen LogP contribution in [0, 0.1) is 0 Å². The summed E-state index contributed by atoms with van der Waals surface area (Å²) >= 11 is 0. The molecule has 0 radical (unpaired) electrons. The van der Waals surface area contributed by atoms with E-state index in [0.717, 1.165) is 45.3 Å². The molecule has 0 fully saturated rings. The van der Waals surface area contributed by atoms with E-state index in [1.807, 2.05) is 13.8 Å². The number of allylic oxidation sites excluding steroid dienone is 4. The third-order valence-corrected chi connectivity index (χ3v) is 12.2. The average Bonchev–Trinajstić information content (AvgIpc) is 3.78. The number of hydrogen-bond acceptors (Lipinski definition) is 2. The molecule has 1 heterocycles. The van der Waals surface area contributed by atoms with Gasteiger partial charge in [0.1, 0.15) is 0 Å². The average molecular weight is 804 g/mol. The van der Waals surface area contributed by atoms with Crippen molar-refractivity contribution in [2.24, 2.45) is 0 Å². The Morgan fingerprint density at radius 1 is 0.452 bits per heavy atom. The van der Waals surface area contributed by atoms with Crippen molar-refractivity contribution in [1.82, 2.24) is 4.57 Å². The molecule has 1 aliphatic carbocycles. The molecule has 0 amide bonds. The van der Waals surface area contributed by atoms with E-state index in [4.69, 9.17) is 0 Å². The Morgan fingerprint density at radius 2 is 0.984 bits per heavy atom. The first-order valence-electron chi connectivity index (χ1n) is 21.9. The van der Waals surface area contributed by atoms with Crippen LogP contribution in [0.3, 0.4) is 0 Å². The fraction of sp³-hybridized carbons (Fsp3) is 0.119. The Hall–Kier alpha value is -7.36. The second kappa shape index (κ2) is 17.0. The van der Waals surface area contributed by atoms with E-state index in [1.165, 1.54) is 49.8 Å². The van der Waals surface area contributed by atoms with E-state index in [0.29, 0.717) is 0 Å². The zero-order valence-corrected chi connectivity index (χ0v) is 36.5. The summed E-state index contributed by atoms with van der Waals surface area (Å²) in [6, 6.07) is 71.0. The zero-order valence-electron chi connectivity index (χ0n) is 36.5. The summed E-state index contributed by atoms with van der Waals surface area (Å²) in [6.45, 7) is 13.0. The van der Waals surface area contributed by atoms with Crippen molar-refractivity contribution in [3.8, 4) is 22.3 Å². The lowest BCUT2D eigenvalue weighted by Crippen LogP contribution is -2.17. The largest absolute Gasteiger partial charge is 0.313 e. The number of fused-ring (bicyclic) bond motifs is 6. The van der Waals surface area contributed by atoms with Gasteiger partial charge in [-0.05, 0) is 138 Å². The molecule has 10 rings (SSSR count). The monoisotopic (exact) mass is 803 g/mol. The van der Waals surface area contributed by atoms with Gasteiger partial charge in [0.15, 0.2) is 0 Å². The van der Waals surface area contributed by atoms with Crippen molar-refractivity contribution >= 4 is 61.6 Å². The second-order valence-electron chi connectivity index (χ2n) is 16.2. The van der Waals surface area contributed by atoms with E-state index in [9.17, 15) is 0 Å². The van der Waals surface area contributed by atoms with Gasteiger partial charge in [0.2, 0.25) is 0 Å². The lowest BCUT2D eigenvalue weighted by atomic mass is 9.82. The van der Waals surface area contributed by atoms with Crippen molar-refractivity contribution in [3.63, 3.8) is 0 Å². The van der Waals surface area contributed by atoms with Gasteiger partial charge in [0.25, 0.3) is 0 Å². The van der Waals surface area contributed by atoms with Gasteiger partial charge >= 0.3 is 0 Å². The highest BCUT2D eigenvalue weighted by molar-refractivity contribution is 6.11. The second-order valence-corrected chi connectivity index (χ2v) is 16.2. The lowest BCUT2D eigenvalue weighted by Gasteiger charge is -2.31. The van der Waals surface area contributed by atoms with Crippen molar-refractivity contribution in [2.45, 2.75) is 47.0 Å². The molecule has 0 atom stereocenters. The van der Waals surface area contributed by atoms with Crippen LogP contribution < -0.4 is 9.80 Å². The van der Waals surface area contributed by atoms with Gasteiger partial charge in [-0.15, -0.1) is 0 Å². The van der Waals surface area contributed by atoms with Crippen LogP contribution in [0.1, 0.15) is 52.7 Å². The van der Waals surface area contributed by atoms with Crippen LogP contribution in [-0.4, -0.2) is 4.57 Å². The molecule has 0 unspecified atom stereocenters. The Kier molecular flexibility index (Phi) is 11.0. The van der Waals surface area contributed by atoms with Crippen molar-refractivity contribution < 1.29 is 0 Å². The summed E-state index contributed by atoms with van der Waals surface area (Å²) in [5.41, 5.74) is 17.6. The third-order valence-electron chi connectivity index (χ3n) is 12.2. The molecule has 0 bridgehead atoms. The predicted molar refractivity (Wildman–Crippen MR) is 268 cm³/mol. The standard InChI is InChI=1S/C57H47N3.C2H6/c1-5-6-20-40(2)58-55-30-19-17-28-51(55)52-37-41(31-34-56(52)58)42-35-47(59(43-21-10-7-11-22-43)44-23-12-8-13-24-44)38-48(36-42)60(45-25-14-9-15-26-45)46-32-33-50-49-27-16-18-29-53(49)57(3,4)54(50)39-46;1-2/h5-39H,1-4H3;1-2H3/b6-5-,40-20+;. The Balaban J connectivity index is 0.00000242. The summed E-state index contributed by atoms with van der Waals surface area (Å²) in [5.74, 6) is 0. The molecule has 0 spiro atoms. The highest BCUT2D eigenvalue weighted by Gasteiger charge is 2.36. The molecule has 1 aliphatic rings. The number of nitrogens with zero attached hydrogens (tertiary/aromatic N) is 3. The summed E-state index contributed by atoms with van der Waals surface area (Å²) in [4.78, 5) is 4.80. The Labute approximate surface area is 367 Å². The van der Waals surface area contributed by atoms with Crippen molar-refractivity contribution in [2.75, 3.05) is 9.80 Å². The summed E-state index contributed by atoms with van der Waals surface area (Å²) in [7, 11) is 0. The molecule has 3 heteroatoms. The normalized spacial score (nSPS) is 12.8. The number of benzene rings is 8. The summed E-state index contributed by atoms with van der Waals surface area (Å²) < 4.78 is 2.38. The smallest absolute Gasteiger partial charge is 0.0538 e. The van der Waals surface area contributed by atoms with Gasteiger partial charge in [-0.25, -0.2) is 0 Å². The van der Waals surface area contributed by atoms with Crippen LogP contribution in [0.5, 0.6) is 0 Å². The lowest BCUT2D eigenvalue weighted by molar-refractivity contribution is 0.660. The number of rotatable bonds is 9. The van der Waals surface area contributed by atoms with Crippen LogP contribution >= 0.6 is 0 Å². The molecular formula is C59H53N3. The highest BCUT2D eigenvalue weighted by atomic mass is 15.2. The molecule has 0 saturated carbocycles. The van der Waals surface area contributed by atoms with Crippen LogP contribution in [0.4, 0.5) is 34.1 Å². The van der Waals surface area contributed by atoms with E-state index in [1.54, 1.807) is 0 Å². The van der Waals surface area contributed by atoms with Gasteiger partial charge in [-0.3, -0.25) is 0 Å². The molecule has 0 saturated heterocycles. The van der Waals surface area contributed by atoms with Crippen molar-refractivity contribution in [3.05, 3.63) is 223 Å². The maximum Gasteiger partial charge on any atom is 0.0538 e. The topological polar surface area (TPSA) is 11.4 Å². The molecule has 62 heavy (non-hydrogen) atoms.